The molecule has 2 aromatic carbocycles. The van der Waals surface area contributed by atoms with E-state index in [4.69, 9.17) is 12.2 Å². The van der Waals surface area contributed by atoms with E-state index in [1.807, 2.05) is 60.7 Å². The highest BCUT2D eigenvalue weighted by Gasteiger charge is 2.26. The summed E-state index contributed by atoms with van der Waals surface area (Å²) < 4.78 is 3.90. The largest absolute Gasteiger partial charge is 0.326 e. The molecule has 3 aromatic rings. The molecule has 2 heterocycles. The van der Waals surface area contributed by atoms with E-state index in [2.05, 4.69) is 20.6 Å². The van der Waals surface area contributed by atoms with Crippen LogP contribution in [0.25, 0.3) is 5.69 Å². The smallest absolute Gasteiger partial charge is 0.228 e. The number of anilines is 1. The normalized spacial score (nSPS) is 17.4. The molecular formula is C20H22N6OS. The molecule has 0 bridgehead atoms. The Kier molecular flexibility index (Phi) is 5.59. The Balaban J connectivity index is 1.41. The SMILES string of the molecule is O=C(Nc1ccccc1)C1CCCN(Cn2nnn(-c3ccccc3)c2=S)C1. The fourth-order valence-electron chi connectivity index (χ4n) is 3.45. The molecule has 1 unspecified atom stereocenters. The molecule has 4 rings (SSSR count). The molecule has 0 spiro atoms. The van der Waals surface area contributed by atoms with Crippen molar-refractivity contribution >= 4 is 23.8 Å². The number of hydrogen-bond acceptors (Lipinski definition) is 5. The van der Waals surface area contributed by atoms with Gasteiger partial charge in [0.1, 0.15) is 0 Å². The second-order valence-corrected chi connectivity index (χ2v) is 7.29. The predicted octanol–water partition coefficient (Wildman–Crippen LogP) is 3.11. The molecule has 1 saturated heterocycles. The fraction of sp³-hybridized carbons (Fsp3) is 0.300. The van der Waals surface area contributed by atoms with Crippen LogP contribution in [0.2, 0.25) is 0 Å². The molecule has 0 radical (unpaired) electrons. The number of amides is 1. The lowest BCUT2D eigenvalue weighted by Gasteiger charge is -2.31. The number of carbonyl (C=O) groups excluding carboxylic acids is 1. The van der Waals surface area contributed by atoms with E-state index in [0.717, 1.165) is 30.8 Å². The van der Waals surface area contributed by atoms with Crippen LogP contribution in [0.3, 0.4) is 0 Å². The van der Waals surface area contributed by atoms with Crippen molar-refractivity contribution in [2.45, 2.75) is 19.5 Å². The Labute approximate surface area is 168 Å². The number of carbonyl (C=O) groups is 1. The van der Waals surface area contributed by atoms with Crippen LogP contribution in [0.4, 0.5) is 5.69 Å². The molecule has 8 heteroatoms. The highest BCUT2D eigenvalue weighted by atomic mass is 32.1. The van der Waals surface area contributed by atoms with Crippen LogP contribution in [-0.4, -0.2) is 43.7 Å². The first-order valence-electron chi connectivity index (χ1n) is 9.37. The third kappa shape index (κ3) is 4.18. The quantitative estimate of drug-likeness (QED) is 0.674. The molecule has 0 saturated carbocycles. The van der Waals surface area contributed by atoms with E-state index >= 15 is 0 Å². The van der Waals surface area contributed by atoms with Crippen LogP contribution in [0.1, 0.15) is 12.8 Å². The predicted molar refractivity (Wildman–Crippen MR) is 110 cm³/mol. The van der Waals surface area contributed by atoms with Crippen LogP contribution in [0.5, 0.6) is 0 Å². The monoisotopic (exact) mass is 394 g/mol. The van der Waals surface area contributed by atoms with Crippen LogP contribution in [-0.2, 0) is 11.5 Å². The van der Waals surface area contributed by atoms with E-state index in [1.54, 1.807) is 9.36 Å². The number of nitrogens with zero attached hydrogens (tertiary/aromatic N) is 5. The van der Waals surface area contributed by atoms with Gasteiger partial charge in [-0.05, 0) is 66.3 Å². The maximum absolute atomic E-state index is 12.6. The highest BCUT2D eigenvalue weighted by molar-refractivity contribution is 7.71. The number of hydrogen-bond donors (Lipinski definition) is 1. The molecule has 1 aliphatic heterocycles. The van der Waals surface area contributed by atoms with Crippen LogP contribution < -0.4 is 5.32 Å². The minimum atomic E-state index is -0.0488. The Morgan fingerprint density at radius 1 is 1.07 bits per heavy atom. The summed E-state index contributed by atoms with van der Waals surface area (Å²) in [5.74, 6) is 0.0136. The number of nitrogens with one attached hydrogen (secondary N) is 1. The van der Waals surface area contributed by atoms with Gasteiger partial charge in [-0.2, -0.15) is 4.68 Å². The summed E-state index contributed by atoms with van der Waals surface area (Å²) in [6.07, 6.45) is 1.85. The van der Waals surface area contributed by atoms with E-state index < -0.39 is 0 Å². The van der Waals surface area contributed by atoms with Crippen molar-refractivity contribution in [2.24, 2.45) is 5.92 Å². The zero-order valence-electron chi connectivity index (χ0n) is 15.4. The summed E-state index contributed by atoms with van der Waals surface area (Å²) in [7, 11) is 0. The molecule has 144 valence electrons. The van der Waals surface area contributed by atoms with Gasteiger partial charge in [-0.25, -0.2) is 4.68 Å². The number of aromatic nitrogens is 4. The minimum absolute atomic E-state index is 0.0488. The van der Waals surface area contributed by atoms with E-state index in [0.29, 0.717) is 18.0 Å². The van der Waals surface area contributed by atoms with E-state index in [-0.39, 0.29) is 11.8 Å². The van der Waals surface area contributed by atoms with Gasteiger partial charge in [-0.1, -0.05) is 36.4 Å². The van der Waals surface area contributed by atoms with Gasteiger partial charge in [0.15, 0.2) is 0 Å². The Morgan fingerprint density at radius 3 is 2.54 bits per heavy atom. The summed E-state index contributed by atoms with van der Waals surface area (Å²) in [6, 6.07) is 19.3. The minimum Gasteiger partial charge on any atom is -0.326 e. The van der Waals surface area contributed by atoms with Crippen molar-refractivity contribution in [3.05, 3.63) is 65.4 Å². The molecule has 28 heavy (non-hydrogen) atoms. The molecule has 1 N–H and O–H groups in total. The molecule has 1 amide bonds. The van der Waals surface area contributed by atoms with Gasteiger partial charge < -0.3 is 5.32 Å². The lowest BCUT2D eigenvalue weighted by Crippen LogP contribution is -2.41. The number of rotatable bonds is 5. The summed E-state index contributed by atoms with van der Waals surface area (Å²) in [5, 5.41) is 11.4. The number of likely N-dealkylation sites (tertiary alicyclic amines) is 1. The van der Waals surface area contributed by atoms with Crippen molar-refractivity contribution in [1.82, 2.24) is 24.7 Å². The third-order valence-electron chi connectivity index (χ3n) is 4.89. The first-order chi connectivity index (χ1) is 13.7. The second kappa shape index (κ2) is 8.45. The van der Waals surface area contributed by atoms with Crippen molar-refractivity contribution in [2.75, 3.05) is 18.4 Å². The van der Waals surface area contributed by atoms with Gasteiger partial charge in [0, 0.05) is 12.2 Å². The maximum atomic E-state index is 12.6. The van der Waals surface area contributed by atoms with Gasteiger partial charge in [-0.3, -0.25) is 9.69 Å². The van der Waals surface area contributed by atoms with Crippen molar-refractivity contribution in [1.29, 1.82) is 0 Å². The standard InChI is InChI=1S/C20H22N6OS/c27-19(21-17-9-3-1-4-10-17)16-8-7-13-24(14-16)15-25-20(28)26(23-22-25)18-11-5-2-6-12-18/h1-6,9-12,16H,7-8,13-15H2,(H,21,27). The van der Waals surface area contributed by atoms with Gasteiger partial charge >= 0.3 is 0 Å². The van der Waals surface area contributed by atoms with Gasteiger partial charge in [0.05, 0.1) is 18.3 Å². The maximum Gasteiger partial charge on any atom is 0.228 e. The molecule has 0 aliphatic carbocycles. The lowest BCUT2D eigenvalue weighted by molar-refractivity contribution is -0.121. The number of tetrazole rings is 1. The average molecular weight is 395 g/mol. The third-order valence-corrected chi connectivity index (χ3v) is 5.28. The Hall–Kier alpha value is -2.84. The van der Waals surface area contributed by atoms with Crippen molar-refractivity contribution in [3.63, 3.8) is 0 Å². The number of benzene rings is 2. The molecular weight excluding hydrogens is 372 g/mol. The summed E-state index contributed by atoms with van der Waals surface area (Å²) in [6.45, 7) is 2.12. The Bertz CT molecular complexity index is 985. The summed E-state index contributed by atoms with van der Waals surface area (Å²) >= 11 is 5.54. The van der Waals surface area contributed by atoms with Gasteiger partial charge in [0.2, 0.25) is 10.7 Å². The second-order valence-electron chi connectivity index (χ2n) is 6.92. The lowest BCUT2D eigenvalue weighted by atomic mass is 9.97. The van der Waals surface area contributed by atoms with Crippen LogP contribution >= 0.6 is 12.2 Å². The molecule has 1 aromatic heterocycles. The summed E-state index contributed by atoms with van der Waals surface area (Å²) in [4.78, 5) is 14.8. The first kappa shape index (κ1) is 18.5. The number of piperidine rings is 1. The van der Waals surface area contributed by atoms with Gasteiger partial charge in [-0.15, -0.1) is 0 Å². The van der Waals surface area contributed by atoms with Gasteiger partial charge in [0.25, 0.3) is 0 Å². The average Bonchev–Trinajstić information content (AvgIpc) is 3.10. The van der Waals surface area contributed by atoms with Crippen LogP contribution in [0.15, 0.2) is 60.7 Å². The fourth-order valence-corrected chi connectivity index (χ4v) is 3.68. The molecule has 1 atom stereocenters. The molecule has 7 nitrogen and oxygen atoms in total. The van der Waals surface area contributed by atoms with Crippen molar-refractivity contribution in [3.8, 4) is 5.69 Å². The molecule has 1 aliphatic rings. The number of para-hydroxylation sites is 2. The summed E-state index contributed by atoms with van der Waals surface area (Å²) in [5.41, 5.74) is 1.72. The van der Waals surface area contributed by atoms with E-state index in [1.165, 1.54) is 0 Å². The zero-order chi connectivity index (χ0) is 19.3. The van der Waals surface area contributed by atoms with Crippen molar-refractivity contribution < 1.29 is 4.79 Å². The topological polar surface area (TPSA) is 68.0 Å². The van der Waals surface area contributed by atoms with E-state index in [9.17, 15) is 4.79 Å². The highest BCUT2D eigenvalue weighted by Crippen LogP contribution is 2.19. The Morgan fingerprint density at radius 2 is 1.79 bits per heavy atom. The zero-order valence-corrected chi connectivity index (χ0v) is 16.3. The molecule has 1 fully saturated rings. The first-order valence-corrected chi connectivity index (χ1v) is 9.78. The van der Waals surface area contributed by atoms with Crippen LogP contribution in [0, 0.1) is 10.7 Å².